The van der Waals surface area contributed by atoms with Crippen LogP contribution in [0.1, 0.15) is 11.1 Å². The Hall–Kier alpha value is -4.84. The maximum absolute atomic E-state index is 13.0. The molecule has 1 heterocycles. The number of nitriles is 1. The minimum atomic E-state index is -0.456. The van der Waals surface area contributed by atoms with Crippen LogP contribution in [0.25, 0.3) is 6.08 Å². The first kappa shape index (κ1) is 25.3. The lowest BCUT2D eigenvalue weighted by Gasteiger charge is -2.36. The van der Waals surface area contributed by atoms with Gasteiger partial charge >= 0.3 is 0 Å². The molecule has 37 heavy (non-hydrogen) atoms. The number of nitrogens with zero attached hydrogens (tertiary/aromatic N) is 4. The zero-order valence-corrected chi connectivity index (χ0v) is 20.4. The van der Waals surface area contributed by atoms with Gasteiger partial charge in [-0.25, -0.2) is 0 Å². The van der Waals surface area contributed by atoms with E-state index in [1.807, 2.05) is 36.4 Å². The molecule has 0 atom stereocenters. The van der Waals surface area contributed by atoms with E-state index in [0.29, 0.717) is 48.8 Å². The normalized spacial score (nSPS) is 13.6. The van der Waals surface area contributed by atoms with E-state index in [1.165, 1.54) is 19.2 Å². The number of nitro groups is 1. The van der Waals surface area contributed by atoms with E-state index in [2.05, 4.69) is 4.90 Å². The van der Waals surface area contributed by atoms with Crippen LogP contribution in [-0.4, -0.2) is 49.0 Å². The van der Waals surface area contributed by atoms with Gasteiger partial charge in [-0.15, -0.1) is 0 Å². The number of carbonyl (C=O) groups excluding carboxylic acids is 1. The third kappa shape index (κ3) is 6.24. The highest BCUT2D eigenvalue weighted by molar-refractivity contribution is 6.01. The molecule has 188 valence electrons. The first-order valence-electron chi connectivity index (χ1n) is 11.7. The standard InChI is InChI=1S/C28H26N4O5/c1-36-27-18-21(10-11-26(27)37-20-22-6-5-9-25(17-22)32(34)35)16-23(19-29)28(33)31-14-12-30(13-15-31)24-7-3-2-4-8-24/h2-11,16-18H,12-15,20H2,1H3/b23-16-. The van der Waals surface area contributed by atoms with Crippen LogP contribution >= 0.6 is 0 Å². The summed E-state index contributed by atoms with van der Waals surface area (Å²) in [4.78, 5) is 27.5. The predicted octanol–water partition coefficient (Wildman–Crippen LogP) is 4.44. The van der Waals surface area contributed by atoms with Gasteiger partial charge in [-0.3, -0.25) is 14.9 Å². The maximum Gasteiger partial charge on any atom is 0.269 e. The van der Waals surface area contributed by atoms with E-state index in [4.69, 9.17) is 9.47 Å². The van der Waals surface area contributed by atoms with Crippen LogP contribution in [-0.2, 0) is 11.4 Å². The number of para-hydroxylation sites is 1. The van der Waals surface area contributed by atoms with E-state index in [-0.39, 0.29) is 23.8 Å². The lowest BCUT2D eigenvalue weighted by molar-refractivity contribution is -0.384. The SMILES string of the molecule is COc1cc(/C=C(/C#N)C(=O)N2CCN(c3ccccc3)CC2)ccc1OCc1cccc([N+](=O)[O-])c1. The summed E-state index contributed by atoms with van der Waals surface area (Å²) in [6.07, 6.45) is 1.54. The first-order valence-corrected chi connectivity index (χ1v) is 11.7. The van der Waals surface area contributed by atoms with Crippen LogP contribution in [0.3, 0.4) is 0 Å². The second kappa shape index (κ2) is 11.7. The molecule has 1 fully saturated rings. The predicted molar refractivity (Wildman–Crippen MR) is 139 cm³/mol. The Kier molecular flexibility index (Phi) is 8.01. The highest BCUT2D eigenvalue weighted by Crippen LogP contribution is 2.30. The fourth-order valence-corrected chi connectivity index (χ4v) is 4.10. The Labute approximate surface area is 214 Å². The maximum atomic E-state index is 13.0. The zero-order chi connectivity index (χ0) is 26.2. The Bertz CT molecular complexity index is 1340. The van der Waals surface area contributed by atoms with Gasteiger partial charge in [0.15, 0.2) is 11.5 Å². The lowest BCUT2D eigenvalue weighted by atomic mass is 10.1. The summed E-state index contributed by atoms with van der Waals surface area (Å²) in [5.41, 5.74) is 2.41. The average Bonchev–Trinajstić information content (AvgIpc) is 2.95. The quantitative estimate of drug-likeness (QED) is 0.195. The molecule has 0 unspecified atom stereocenters. The summed E-state index contributed by atoms with van der Waals surface area (Å²) < 4.78 is 11.2. The molecule has 4 rings (SSSR count). The van der Waals surface area contributed by atoms with E-state index >= 15 is 0 Å². The molecule has 3 aromatic rings. The van der Waals surface area contributed by atoms with Crippen LogP contribution < -0.4 is 14.4 Å². The van der Waals surface area contributed by atoms with E-state index in [1.54, 1.807) is 41.3 Å². The van der Waals surface area contributed by atoms with Gasteiger partial charge in [0.25, 0.3) is 11.6 Å². The lowest BCUT2D eigenvalue weighted by Crippen LogP contribution is -2.49. The molecule has 1 aliphatic heterocycles. The van der Waals surface area contributed by atoms with Gasteiger partial charge in [0, 0.05) is 44.0 Å². The number of piperazine rings is 1. The summed E-state index contributed by atoms with van der Waals surface area (Å²) >= 11 is 0. The number of anilines is 1. The molecule has 0 saturated carbocycles. The highest BCUT2D eigenvalue weighted by atomic mass is 16.6. The molecule has 9 nitrogen and oxygen atoms in total. The van der Waals surface area contributed by atoms with Gasteiger partial charge in [0.1, 0.15) is 18.2 Å². The fourth-order valence-electron chi connectivity index (χ4n) is 4.10. The van der Waals surface area contributed by atoms with Crippen molar-refractivity contribution in [1.82, 2.24) is 4.90 Å². The molecule has 0 radical (unpaired) electrons. The van der Waals surface area contributed by atoms with Gasteiger partial charge in [-0.05, 0) is 41.5 Å². The molecule has 1 aliphatic rings. The van der Waals surface area contributed by atoms with E-state index in [9.17, 15) is 20.2 Å². The van der Waals surface area contributed by atoms with Crippen molar-refractivity contribution in [3.8, 4) is 17.6 Å². The summed E-state index contributed by atoms with van der Waals surface area (Å²) in [7, 11) is 1.49. The van der Waals surface area contributed by atoms with Gasteiger partial charge in [-0.1, -0.05) is 36.4 Å². The van der Waals surface area contributed by atoms with E-state index in [0.717, 1.165) is 5.69 Å². The number of hydrogen-bond acceptors (Lipinski definition) is 7. The fraction of sp³-hybridized carbons (Fsp3) is 0.214. The van der Waals surface area contributed by atoms with Crippen molar-refractivity contribution in [3.63, 3.8) is 0 Å². The minimum Gasteiger partial charge on any atom is -0.493 e. The number of rotatable bonds is 8. The molecule has 1 amide bonds. The topological polar surface area (TPSA) is 109 Å². The Morgan fingerprint density at radius 3 is 2.46 bits per heavy atom. The minimum absolute atomic E-state index is 0.0104. The Morgan fingerprint density at radius 1 is 1.03 bits per heavy atom. The molecular weight excluding hydrogens is 472 g/mol. The van der Waals surface area contributed by atoms with Crippen molar-refractivity contribution in [2.75, 3.05) is 38.2 Å². The third-order valence-corrected chi connectivity index (χ3v) is 6.05. The third-order valence-electron chi connectivity index (χ3n) is 6.05. The second-order valence-electron chi connectivity index (χ2n) is 8.41. The number of non-ortho nitro benzene ring substituents is 1. The number of amides is 1. The monoisotopic (exact) mass is 498 g/mol. The summed E-state index contributed by atoms with van der Waals surface area (Å²) in [5.74, 6) is 0.550. The smallest absolute Gasteiger partial charge is 0.269 e. The van der Waals surface area contributed by atoms with Crippen molar-refractivity contribution in [2.24, 2.45) is 0 Å². The molecule has 3 aromatic carbocycles. The number of carbonyl (C=O) groups is 1. The zero-order valence-electron chi connectivity index (χ0n) is 20.4. The molecule has 0 N–H and O–H groups in total. The van der Waals surface area contributed by atoms with Gasteiger partial charge in [0.2, 0.25) is 0 Å². The Balaban J connectivity index is 1.42. The van der Waals surface area contributed by atoms with Crippen LogP contribution in [0.2, 0.25) is 0 Å². The summed E-state index contributed by atoms with van der Waals surface area (Å²) in [6, 6.07) is 23.4. The van der Waals surface area contributed by atoms with Gasteiger partial charge in [0.05, 0.1) is 12.0 Å². The summed E-state index contributed by atoms with van der Waals surface area (Å²) in [5, 5.41) is 20.7. The second-order valence-corrected chi connectivity index (χ2v) is 8.41. The number of benzene rings is 3. The summed E-state index contributed by atoms with van der Waals surface area (Å²) in [6.45, 7) is 2.56. The number of methoxy groups -OCH3 is 1. The molecule has 0 bridgehead atoms. The largest absolute Gasteiger partial charge is 0.493 e. The van der Waals surface area contributed by atoms with Crippen molar-refractivity contribution < 1.29 is 19.2 Å². The van der Waals surface area contributed by atoms with Crippen LogP contribution in [0, 0.1) is 21.4 Å². The number of hydrogen-bond donors (Lipinski definition) is 0. The molecule has 1 saturated heterocycles. The van der Waals surface area contributed by atoms with Crippen LogP contribution in [0.4, 0.5) is 11.4 Å². The first-order chi connectivity index (χ1) is 18.0. The number of ether oxygens (including phenoxy) is 2. The molecule has 9 heteroatoms. The molecule has 0 aliphatic carbocycles. The van der Waals surface area contributed by atoms with Gasteiger partial charge in [-0.2, -0.15) is 5.26 Å². The number of nitro benzene ring substituents is 1. The van der Waals surface area contributed by atoms with Crippen molar-refractivity contribution in [1.29, 1.82) is 5.26 Å². The van der Waals surface area contributed by atoms with Crippen molar-refractivity contribution >= 4 is 23.4 Å². The Morgan fingerprint density at radius 2 is 1.78 bits per heavy atom. The van der Waals surface area contributed by atoms with Crippen LogP contribution in [0.5, 0.6) is 11.5 Å². The molecule has 0 aromatic heterocycles. The van der Waals surface area contributed by atoms with Crippen molar-refractivity contribution in [2.45, 2.75) is 6.61 Å². The molecular formula is C28H26N4O5. The molecule has 0 spiro atoms. The highest BCUT2D eigenvalue weighted by Gasteiger charge is 2.24. The van der Waals surface area contributed by atoms with Crippen LogP contribution in [0.15, 0.2) is 78.4 Å². The van der Waals surface area contributed by atoms with E-state index < -0.39 is 4.92 Å². The van der Waals surface area contributed by atoms with Gasteiger partial charge < -0.3 is 19.3 Å². The van der Waals surface area contributed by atoms with Crippen molar-refractivity contribution in [3.05, 3.63) is 99.6 Å². The average molecular weight is 499 g/mol.